The summed E-state index contributed by atoms with van der Waals surface area (Å²) in [6.07, 6.45) is 0. The first-order chi connectivity index (χ1) is 9.67. The molecule has 5 nitrogen and oxygen atoms in total. The van der Waals surface area contributed by atoms with Crippen LogP contribution in [0.25, 0.3) is 0 Å². The highest BCUT2D eigenvalue weighted by molar-refractivity contribution is 5.81. The largest absolute Gasteiger partial charge is 0.464 e. The standard InChI is InChI=1S/C15H19N3O2/c1-3-20-15(19)14-10-17-6-7-18(14)13-5-4-12(9-16)11(2)8-13/h4-5,8,14,17H,3,6-7,10H2,1-2H3. The molecule has 0 bridgehead atoms. The fraction of sp³-hybridized carbons (Fsp3) is 0.467. The van der Waals surface area contributed by atoms with Crippen molar-refractivity contribution in [1.29, 1.82) is 5.26 Å². The van der Waals surface area contributed by atoms with Crippen molar-refractivity contribution in [3.63, 3.8) is 0 Å². The van der Waals surface area contributed by atoms with Gasteiger partial charge in [0.05, 0.1) is 18.2 Å². The molecule has 1 aromatic carbocycles. The smallest absolute Gasteiger partial charge is 0.330 e. The Morgan fingerprint density at radius 3 is 3.05 bits per heavy atom. The molecule has 1 aromatic rings. The Hall–Kier alpha value is -2.06. The molecule has 1 atom stereocenters. The van der Waals surface area contributed by atoms with Gasteiger partial charge in [0, 0.05) is 25.3 Å². The summed E-state index contributed by atoms with van der Waals surface area (Å²) in [7, 11) is 0. The number of esters is 1. The second-order valence-corrected chi connectivity index (χ2v) is 4.78. The molecule has 106 valence electrons. The summed E-state index contributed by atoms with van der Waals surface area (Å²) in [6, 6.07) is 7.49. The second kappa shape index (κ2) is 6.40. The second-order valence-electron chi connectivity index (χ2n) is 4.78. The van der Waals surface area contributed by atoms with Crippen LogP contribution in [-0.4, -0.2) is 38.3 Å². The number of rotatable bonds is 3. The number of ether oxygens (including phenoxy) is 1. The third-order valence-corrected chi connectivity index (χ3v) is 3.46. The van der Waals surface area contributed by atoms with Crippen LogP contribution in [0.2, 0.25) is 0 Å². The monoisotopic (exact) mass is 273 g/mol. The van der Waals surface area contributed by atoms with E-state index in [1.54, 1.807) is 6.07 Å². The van der Waals surface area contributed by atoms with Crippen LogP contribution < -0.4 is 10.2 Å². The Bertz CT molecular complexity index is 536. The fourth-order valence-electron chi connectivity index (χ4n) is 2.41. The Kier molecular flexibility index (Phi) is 4.59. The fourth-order valence-corrected chi connectivity index (χ4v) is 2.41. The van der Waals surface area contributed by atoms with Crippen molar-refractivity contribution in [3.05, 3.63) is 29.3 Å². The summed E-state index contributed by atoms with van der Waals surface area (Å²) < 4.78 is 5.14. The highest BCUT2D eigenvalue weighted by Crippen LogP contribution is 2.22. The van der Waals surface area contributed by atoms with Gasteiger partial charge in [-0.25, -0.2) is 4.79 Å². The first-order valence-corrected chi connectivity index (χ1v) is 6.82. The van der Waals surface area contributed by atoms with E-state index in [4.69, 9.17) is 10.00 Å². The molecule has 0 radical (unpaired) electrons. The topological polar surface area (TPSA) is 65.4 Å². The SMILES string of the molecule is CCOC(=O)C1CNCCN1c1ccc(C#N)c(C)c1. The first kappa shape index (κ1) is 14.4. The van der Waals surface area contributed by atoms with E-state index in [0.717, 1.165) is 24.3 Å². The minimum Gasteiger partial charge on any atom is -0.464 e. The van der Waals surface area contributed by atoms with Crippen LogP contribution in [0.15, 0.2) is 18.2 Å². The van der Waals surface area contributed by atoms with Crippen molar-refractivity contribution in [3.8, 4) is 6.07 Å². The van der Waals surface area contributed by atoms with Gasteiger partial charge in [-0.05, 0) is 37.6 Å². The molecule has 0 amide bonds. The molecule has 1 aliphatic heterocycles. The molecule has 2 rings (SSSR count). The number of nitrogens with zero attached hydrogens (tertiary/aromatic N) is 2. The highest BCUT2D eigenvalue weighted by Gasteiger charge is 2.30. The molecule has 0 aromatic heterocycles. The highest BCUT2D eigenvalue weighted by atomic mass is 16.5. The molecule has 1 aliphatic rings. The average Bonchev–Trinajstić information content (AvgIpc) is 2.47. The first-order valence-electron chi connectivity index (χ1n) is 6.82. The van der Waals surface area contributed by atoms with Crippen LogP contribution in [-0.2, 0) is 9.53 Å². The van der Waals surface area contributed by atoms with Crippen LogP contribution in [0.4, 0.5) is 5.69 Å². The van der Waals surface area contributed by atoms with Gasteiger partial charge in [0.25, 0.3) is 0 Å². The van der Waals surface area contributed by atoms with Crippen LogP contribution in [0.5, 0.6) is 0 Å². The number of hydrogen-bond donors (Lipinski definition) is 1. The zero-order valence-electron chi connectivity index (χ0n) is 11.8. The lowest BCUT2D eigenvalue weighted by atomic mass is 10.1. The molecule has 1 heterocycles. The van der Waals surface area contributed by atoms with Gasteiger partial charge in [-0.3, -0.25) is 0 Å². The summed E-state index contributed by atoms with van der Waals surface area (Å²) in [5.74, 6) is -0.207. The molecule has 20 heavy (non-hydrogen) atoms. The van der Waals surface area contributed by atoms with E-state index in [-0.39, 0.29) is 12.0 Å². The summed E-state index contributed by atoms with van der Waals surface area (Å²) in [6.45, 7) is 6.26. The van der Waals surface area contributed by atoms with Crippen molar-refractivity contribution in [1.82, 2.24) is 5.32 Å². The minimum absolute atomic E-state index is 0.207. The van der Waals surface area contributed by atoms with E-state index < -0.39 is 0 Å². The number of nitriles is 1. The zero-order chi connectivity index (χ0) is 14.5. The van der Waals surface area contributed by atoms with Crippen LogP contribution in [0.3, 0.4) is 0 Å². The van der Waals surface area contributed by atoms with Crippen molar-refractivity contribution >= 4 is 11.7 Å². The number of anilines is 1. The molecular weight excluding hydrogens is 254 g/mol. The van der Waals surface area contributed by atoms with E-state index in [1.807, 2.05) is 30.9 Å². The minimum atomic E-state index is -0.309. The normalized spacial score (nSPS) is 18.4. The number of benzene rings is 1. The van der Waals surface area contributed by atoms with Gasteiger partial charge < -0.3 is 15.0 Å². The number of carbonyl (C=O) groups excluding carboxylic acids is 1. The third-order valence-electron chi connectivity index (χ3n) is 3.46. The van der Waals surface area contributed by atoms with Gasteiger partial charge in [-0.15, -0.1) is 0 Å². The molecule has 1 fully saturated rings. The van der Waals surface area contributed by atoms with Gasteiger partial charge >= 0.3 is 5.97 Å². The molecule has 1 saturated heterocycles. The van der Waals surface area contributed by atoms with Gasteiger partial charge in [0.1, 0.15) is 6.04 Å². The summed E-state index contributed by atoms with van der Waals surface area (Å²) in [5, 5.41) is 12.2. The number of nitrogens with one attached hydrogen (secondary N) is 1. The Morgan fingerprint density at radius 2 is 2.40 bits per heavy atom. The molecule has 1 unspecified atom stereocenters. The van der Waals surface area contributed by atoms with Gasteiger partial charge in [-0.1, -0.05) is 0 Å². The zero-order valence-corrected chi connectivity index (χ0v) is 11.8. The summed E-state index contributed by atoms with van der Waals surface area (Å²) in [5.41, 5.74) is 2.55. The quantitative estimate of drug-likeness (QED) is 0.839. The maximum Gasteiger partial charge on any atom is 0.330 e. The maximum absolute atomic E-state index is 12.0. The number of piperazine rings is 1. The van der Waals surface area contributed by atoms with Gasteiger partial charge in [0.15, 0.2) is 0 Å². The number of carbonyl (C=O) groups is 1. The summed E-state index contributed by atoms with van der Waals surface area (Å²) >= 11 is 0. The van der Waals surface area contributed by atoms with Crippen LogP contribution in [0, 0.1) is 18.3 Å². The van der Waals surface area contributed by atoms with Crippen LogP contribution >= 0.6 is 0 Å². The molecule has 0 saturated carbocycles. The average molecular weight is 273 g/mol. The lowest BCUT2D eigenvalue weighted by molar-refractivity contribution is -0.144. The lowest BCUT2D eigenvalue weighted by Gasteiger charge is -2.36. The van der Waals surface area contributed by atoms with Crippen molar-refractivity contribution in [2.45, 2.75) is 19.9 Å². The van der Waals surface area contributed by atoms with Gasteiger partial charge in [-0.2, -0.15) is 5.26 Å². The number of hydrogen-bond acceptors (Lipinski definition) is 5. The Labute approximate surface area is 119 Å². The molecular formula is C15H19N3O2. The van der Waals surface area contributed by atoms with E-state index in [1.165, 1.54) is 0 Å². The van der Waals surface area contributed by atoms with Crippen molar-refractivity contribution < 1.29 is 9.53 Å². The predicted molar refractivity (Wildman–Crippen MR) is 76.5 cm³/mol. The van der Waals surface area contributed by atoms with Crippen molar-refractivity contribution in [2.75, 3.05) is 31.1 Å². The van der Waals surface area contributed by atoms with Crippen LogP contribution in [0.1, 0.15) is 18.1 Å². The Morgan fingerprint density at radius 1 is 1.60 bits per heavy atom. The van der Waals surface area contributed by atoms with Gasteiger partial charge in [0.2, 0.25) is 0 Å². The molecule has 0 aliphatic carbocycles. The predicted octanol–water partition coefficient (Wildman–Crippen LogP) is 1.21. The number of aryl methyl sites for hydroxylation is 1. The van der Waals surface area contributed by atoms with E-state index in [9.17, 15) is 4.79 Å². The lowest BCUT2D eigenvalue weighted by Crippen LogP contribution is -2.55. The molecule has 0 spiro atoms. The molecule has 1 N–H and O–H groups in total. The van der Waals surface area contributed by atoms with Crippen molar-refractivity contribution in [2.24, 2.45) is 0 Å². The Balaban J connectivity index is 2.26. The van der Waals surface area contributed by atoms with E-state index in [0.29, 0.717) is 18.7 Å². The third kappa shape index (κ3) is 2.91. The molecule has 5 heteroatoms. The summed E-state index contributed by atoms with van der Waals surface area (Å²) in [4.78, 5) is 14.1. The van der Waals surface area contributed by atoms with E-state index in [2.05, 4.69) is 11.4 Å². The maximum atomic E-state index is 12.0. The van der Waals surface area contributed by atoms with E-state index >= 15 is 0 Å².